The topological polar surface area (TPSA) is 74.8 Å². The molecule has 1 aromatic carbocycles. The van der Waals surface area contributed by atoms with Gasteiger partial charge in [0, 0.05) is 26.2 Å². The molecule has 2 rings (SSSR count). The van der Waals surface area contributed by atoms with E-state index >= 15 is 0 Å². The molecule has 0 spiro atoms. The molecule has 1 heterocycles. The molecule has 136 valence electrons. The second-order valence-electron chi connectivity index (χ2n) is 5.21. The molecule has 12 heteroatoms. The quantitative estimate of drug-likeness (QED) is 0.764. The number of alkyl halides is 3. The predicted molar refractivity (Wildman–Crippen MR) is 81.6 cm³/mol. The van der Waals surface area contributed by atoms with Gasteiger partial charge in [0.15, 0.2) is 0 Å². The number of rotatable bonds is 3. The van der Waals surface area contributed by atoms with E-state index in [1.807, 2.05) is 0 Å². The Balaban J connectivity index is 2.32. The maximum absolute atomic E-state index is 12.8. The zero-order valence-electron chi connectivity index (χ0n) is 12.4. The highest BCUT2D eigenvalue weighted by Gasteiger charge is 2.36. The number of hydrogen-bond donors (Lipinski definition) is 0. The van der Waals surface area contributed by atoms with E-state index in [-0.39, 0.29) is 31.2 Å². The lowest BCUT2D eigenvalue weighted by atomic mass is 10.2. The van der Waals surface area contributed by atoms with Gasteiger partial charge in [0.05, 0.1) is 16.8 Å². The van der Waals surface area contributed by atoms with E-state index in [4.69, 9.17) is 11.6 Å². The Hall–Kier alpha value is -0.880. The lowest BCUT2D eigenvalue weighted by Gasteiger charge is -2.32. The summed E-state index contributed by atoms with van der Waals surface area (Å²) in [4.78, 5) is -0.646. The first kappa shape index (κ1) is 19.4. The minimum atomic E-state index is -4.70. The largest absolute Gasteiger partial charge is 0.416 e. The van der Waals surface area contributed by atoms with Crippen molar-refractivity contribution in [3.8, 4) is 0 Å². The number of nitrogens with zero attached hydrogens (tertiary/aromatic N) is 2. The van der Waals surface area contributed by atoms with Crippen molar-refractivity contribution >= 4 is 31.6 Å². The zero-order chi connectivity index (χ0) is 18.3. The second kappa shape index (κ2) is 6.45. The molecular weight excluding hydrogens is 393 g/mol. The van der Waals surface area contributed by atoms with Gasteiger partial charge in [-0.2, -0.15) is 21.8 Å². The Labute approximate surface area is 142 Å². The van der Waals surface area contributed by atoms with E-state index in [1.54, 1.807) is 0 Å². The summed E-state index contributed by atoms with van der Waals surface area (Å²) in [6.45, 7) is -0.479. The van der Waals surface area contributed by atoms with Crippen molar-refractivity contribution in [2.75, 3.05) is 32.4 Å². The monoisotopic (exact) mass is 406 g/mol. The van der Waals surface area contributed by atoms with Crippen molar-refractivity contribution < 1.29 is 30.0 Å². The first-order valence-corrected chi connectivity index (χ1v) is 10.3. The van der Waals surface area contributed by atoms with Crippen LogP contribution in [0.25, 0.3) is 0 Å². The van der Waals surface area contributed by atoms with Gasteiger partial charge in [-0.05, 0) is 18.2 Å². The summed E-state index contributed by atoms with van der Waals surface area (Å²) >= 11 is 5.77. The number of halogens is 4. The van der Waals surface area contributed by atoms with E-state index in [9.17, 15) is 30.0 Å². The van der Waals surface area contributed by atoms with E-state index in [2.05, 4.69) is 0 Å². The van der Waals surface area contributed by atoms with Gasteiger partial charge in [0.2, 0.25) is 20.0 Å². The average Bonchev–Trinajstić information content (AvgIpc) is 2.45. The van der Waals surface area contributed by atoms with Crippen LogP contribution >= 0.6 is 11.6 Å². The molecule has 0 N–H and O–H groups in total. The van der Waals surface area contributed by atoms with Gasteiger partial charge in [0.1, 0.15) is 4.90 Å². The second-order valence-corrected chi connectivity index (χ2v) is 9.51. The highest BCUT2D eigenvalue weighted by atomic mass is 35.5. The number of sulfonamides is 2. The number of benzene rings is 1. The van der Waals surface area contributed by atoms with Gasteiger partial charge in [-0.25, -0.2) is 16.8 Å². The molecule has 0 radical (unpaired) electrons. The zero-order valence-corrected chi connectivity index (χ0v) is 14.8. The van der Waals surface area contributed by atoms with E-state index in [0.29, 0.717) is 12.1 Å². The molecule has 0 unspecified atom stereocenters. The average molecular weight is 407 g/mol. The van der Waals surface area contributed by atoms with Crippen molar-refractivity contribution in [1.82, 2.24) is 8.61 Å². The molecule has 0 aromatic heterocycles. The number of piperazine rings is 1. The van der Waals surface area contributed by atoms with Crippen molar-refractivity contribution in [3.63, 3.8) is 0 Å². The molecule has 0 bridgehead atoms. The standard InChI is InChI=1S/C12H14ClF3N2O4S2/c1-23(19,20)17-4-6-18(7-5-17)24(21,22)11-8-9(12(14,15)16)2-3-10(11)13/h2-3,8H,4-7H2,1H3. The smallest absolute Gasteiger partial charge is 0.213 e. The third-order valence-electron chi connectivity index (χ3n) is 3.54. The summed E-state index contributed by atoms with van der Waals surface area (Å²) in [5.74, 6) is 0. The summed E-state index contributed by atoms with van der Waals surface area (Å²) in [5, 5.41) is -0.325. The van der Waals surface area contributed by atoms with Gasteiger partial charge in [-0.1, -0.05) is 11.6 Å². The van der Waals surface area contributed by atoms with Crippen LogP contribution in [0.3, 0.4) is 0 Å². The molecule has 1 aromatic rings. The predicted octanol–water partition coefficient (Wildman–Crippen LogP) is 1.62. The van der Waals surface area contributed by atoms with Crippen LogP contribution < -0.4 is 0 Å². The molecule has 1 saturated heterocycles. The van der Waals surface area contributed by atoms with Gasteiger partial charge < -0.3 is 0 Å². The minimum absolute atomic E-state index is 0.0748. The first-order chi connectivity index (χ1) is 10.8. The highest BCUT2D eigenvalue weighted by molar-refractivity contribution is 7.89. The fraction of sp³-hybridized carbons (Fsp3) is 0.500. The molecular formula is C12H14ClF3N2O4S2. The normalized spacial score (nSPS) is 18.7. The van der Waals surface area contributed by atoms with Crippen molar-refractivity contribution in [3.05, 3.63) is 28.8 Å². The van der Waals surface area contributed by atoms with Crippen molar-refractivity contribution in [2.45, 2.75) is 11.1 Å². The van der Waals surface area contributed by atoms with Crippen LogP contribution in [0.5, 0.6) is 0 Å². The first-order valence-electron chi connectivity index (χ1n) is 6.65. The summed E-state index contributed by atoms with van der Waals surface area (Å²) in [6.07, 6.45) is -3.70. The van der Waals surface area contributed by atoms with Gasteiger partial charge >= 0.3 is 6.18 Å². The Morgan fingerprint density at radius 3 is 1.96 bits per heavy atom. The third kappa shape index (κ3) is 4.02. The fourth-order valence-electron chi connectivity index (χ4n) is 2.26. The van der Waals surface area contributed by atoms with Crippen molar-refractivity contribution in [1.29, 1.82) is 0 Å². The highest BCUT2D eigenvalue weighted by Crippen LogP contribution is 2.34. The maximum atomic E-state index is 12.8. The van der Waals surface area contributed by atoms with Gasteiger partial charge in [-0.3, -0.25) is 0 Å². The molecule has 0 saturated carbocycles. The Morgan fingerprint density at radius 1 is 1.00 bits per heavy atom. The molecule has 6 nitrogen and oxygen atoms in total. The minimum Gasteiger partial charge on any atom is -0.213 e. The molecule has 0 aliphatic carbocycles. The Kier molecular flexibility index (Phi) is 5.22. The molecule has 1 aliphatic rings. The molecule has 1 aliphatic heterocycles. The Morgan fingerprint density at radius 2 is 1.50 bits per heavy atom. The third-order valence-corrected chi connectivity index (χ3v) is 7.23. The van der Waals surface area contributed by atoms with Crippen LogP contribution in [0, 0.1) is 0 Å². The lowest BCUT2D eigenvalue weighted by Crippen LogP contribution is -2.50. The number of hydrogen-bond acceptors (Lipinski definition) is 4. The van der Waals surface area contributed by atoms with Crippen LogP contribution in [-0.2, 0) is 26.2 Å². The summed E-state index contributed by atoms with van der Waals surface area (Å²) in [7, 11) is -7.72. The van der Waals surface area contributed by atoms with E-state index < -0.39 is 36.7 Å². The summed E-state index contributed by atoms with van der Waals surface area (Å²) in [5.41, 5.74) is -1.12. The molecule has 0 atom stereocenters. The van der Waals surface area contributed by atoms with E-state index in [0.717, 1.165) is 20.9 Å². The van der Waals surface area contributed by atoms with Crippen LogP contribution in [0.15, 0.2) is 23.1 Å². The van der Waals surface area contributed by atoms with Gasteiger partial charge in [0.25, 0.3) is 0 Å². The Bertz CT molecular complexity index is 832. The van der Waals surface area contributed by atoms with Crippen LogP contribution in [0.1, 0.15) is 5.56 Å². The maximum Gasteiger partial charge on any atom is 0.416 e. The van der Waals surface area contributed by atoms with Crippen LogP contribution in [-0.4, -0.2) is 57.9 Å². The van der Waals surface area contributed by atoms with Crippen LogP contribution in [0.2, 0.25) is 5.02 Å². The SMILES string of the molecule is CS(=O)(=O)N1CCN(S(=O)(=O)c2cc(C(F)(F)F)ccc2Cl)CC1. The van der Waals surface area contributed by atoms with Gasteiger partial charge in [-0.15, -0.1) is 0 Å². The summed E-state index contributed by atoms with van der Waals surface area (Å²) < 4.78 is 88.4. The van der Waals surface area contributed by atoms with E-state index in [1.165, 1.54) is 0 Å². The summed E-state index contributed by atoms with van der Waals surface area (Å²) in [6, 6.07) is 2.06. The molecule has 1 fully saturated rings. The lowest BCUT2D eigenvalue weighted by molar-refractivity contribution is -0.137. The molecule has 24 heavy (non-hydrogen) atoms. The van der Waals surface area contributed by atoms with Crippen LogP contribution in [0.4, 0.5) is 13.2 Å². The van der Waals surface area contributed by atoms with Crippen molar-refractivity contribution in [2.24, 2.45) is 0 Å². The molecule has 0 amide bonds. The fourth-order valence-corrected chi connectivity index (χ4v) is 5.01.